The zero-order valence-electron chi connectivity index (χ0n) is 10.8. The van der Waals surface area contributed by atoms with Crippen LogP contribution < -0.4 is 16.0 Å². The van der Waals surface area contributed by atoms with Crippen molar-refractivity contribution in [3.63, 3.8) is 0 Å². The van der Waals surface area contributed by atoms with Crippen molar-refractivity contribution in [3.8, 4) is 0 Å². The Morgan fingerprint density at radius 1 is 1.33 bits per heavy atom. The highest BCUT2D eigenvalue weighted by Crippen LogP contribution is 2.27. The molecule has 1 fully saturated rings. The molecule has 1 saturated carbocycles. The van der Waals surface area contributed by atoms with E-state index in [9.17, 15) is 5.11 Å². The van der Waals surface area contributed by atoms with Crippen LogP contribution in [0.4, 0.5) is 17.8 Å². The fourth-order valence-electron chi connectivity index (χ4n) is 2.26. The number of rotatable bonds is 4. The van der Waals surface area contributed by atoms with E-state index in [0.29, 0.717) is 11.9 Å². The molecule has 1 aromatic heterocycles. The second-order valence-corrected chi connectivity index (χ2v) is 4.84. The first kappa shape index (κ1) is 12.8. The zero-order valence-corrected chi connectivity index (χ0v) is 10.8. The minimum atomic E-state index is 0.193. The van der Waals surface area contributed by atoms with Crippen molar-refractivity contribution in [2.24, 2.45) is 5.92 Å². The second kappa shape index (κ2) is 5.34. The first-order chi connectivity index (χ1) is 8.60. The van der Waals surface area contributed by atoms with Crippen molar-refractivity contribution in [2.45, 2.75) is 25.3 Å². The van der Waals surface area contributed by atoms with Gasteiger partial charge < -0.3 is 21.1 Å². The Morgan fingerprint density at radius 2 is 2.11 bits per heavy atom. The van der Waals surface area contributed by atoms with Crippen molar-refractivity contribution in [1.82, 2.24) is 15.0 Å². The zero-order chi connectivity index (χ0) is 13.1. The molecule has 1 aliphatic rings. The maximum Gasteiger partial charge on any atom is 0.231 e. The summed E-state index contributed by atoms with van der Waals surface area (Å²) in [6.07, 6.45) is 3.17. The summed E-state index contributed by atoms with van der Waals surface area (Å²) in [7, 11) is 3.70. The van der Waals surface area contributed by atoms with Crippen molar-refractivity contribution in [1.29, 1.82) is 0 Å². The summed E-state index contributed by atoms with van der Waals surface area (Å²) in [5.41, 5.74) is 5.66. The highest BCUT2D eigenvalue weighted by molar-refractivity contribution is 5.41. The standard InChI is InChI=1S/C11H20N6O/c1-17(2)11-15-9(12)14-10(16-11)13-8-5-3-4-7(8)6-18/h7-8,18H,3-6H2,1-2H3,(H3,12,13,14,15,16). The van der Waals surface area contributed by atoms with Gasteiger partial charge in [0.1, 0.15) is 0 Å². The number of aromatic nitrogens is 3. The van der Waals surface area contributed by atoms with E-state index in [2.05, 4.69) is 20.3 Å². The molecule has 0 saturated heterocycles. The molecule has 0 bridgehead atoms. The Kier molecular flexibility index (Phi) is 3.81. The van der Waals surface area contributed by atoms with E-state index in [1.165, 1.54) is 0 Å². The van der Waals surface area contributed by atoms with Gasteiger partial charge in [-0.2, -0.15) is 15.0 Å². The van der Waals surface area contributed by atoms with Gasteiger partial charge in [0.15, 0.2) is 0 Å². The van der Waals surface area contributed by atoms with Crippen LogP contribution in [0.2, 0.25) is 0 Å². The lowest BCUT2D eigenvalue weighted by molar-refractivity contribution is 0.222. The van der Waals surface area contributed by atoms with Gasteiger partial charge in [0.2, 0.25) is 17.8 Å². The van der Waals surface area contributed by atoms with Gasteiger partial charge in [-0.3, -0.25) is 0 Å². The van der Waals surface area contributed by atoms with Crippen LogP contribution in [-0.2, 0) is 0 Å². The SMILES string of the molecule is CN(C)c1nc(N)nc(NC2CCCC2CO)n1. The molecule has 0 spiro atoms. The average Bonchev–Trinajstić information content (AvgIpc) is 2.75. The average molecular weight is 252 g/mol. The van der Waals surface area contributed by atoms with Crippen LogP contribution in [0.25, 0.3) is 0 Å². The predicted molar refractivity (Wildman–Crippen MR) is 70.4 cm³/mol. The molecule has 100 valence electrons. The Balaban J connectivity index is 2.13. The normalized spacial score (nSPS) is 23.1. The van der Waals surface area contributed by atoms with Crippen molar-refractivity contribution in [3.05, 3.63) is 0 Å². The van der Waals surface area contributed by atoms with Gasteiger partial charge in [0, 0.05) is 32.7 Å². The lowest BCUT2D eigenvalue weighted by Gasteiger charge is -2.19. The maximum absolute atomic E-state index is 9.29. The number of hydrogen-bond donors (Lipinski definition) is 3. The molecule has 0 amide bonds. The summed E-state index contributed by atoms with van der Waals surface area (Å²) in [5, 5.41) is 12.5. The summed E-state index contributed by atoms with van der Waals surface area (Å²) in [6.45, 7) is 0.193. The molecule has 2 atom stereocenters. The minimum absolute atomic E-state index is 0.193. The molecule has 0 radical (unpaired) electrons. The van der Waals surface area contributed by atoms with Crippen LogP contribution in [0.3, 0.4) is 0 Å². The number of aliphatic hydroxyl groups excluding tert-OH is 1. The molecular formula is C11H20N6O. The quantitative estimate of drug-likeness (QED) is 0.698. The van der Waals surface area contributed by atoms with Gasteiger partial charge >= 0.3 is 0 Å². The van der Waals surface area contributed by atoms with E-state index < -0.39 is 0 Å². The first-order valence-corrected chi connectivity index (χ1v) is 6.16. The summed E-state index contributed by atoms with van der Waals surface area (Å²) in [4.78, 5) is 14.2. The molecule has 18 heavy (non-hydrogen) atoms. The van der Waals surface area contributed by atoms with Crippen molar-refractivity contribution < 1.29 is 5.11 Å². The van der Waals surface area contributed by atoms with E-state index >= 15 is 0 Å². The molecule has 0 aliphatic heterocycles. The van der Waals surface area contributed by atoms with Crippen LogP contribution in [0, 0.1) is 5.92 Å². The molecule has 7 nitrogen and oxygen atoms in total. The number of nitrogens with one attached hydrogen (secondary N) is 1. The molecule has 1 aromatic rings. The third-order valence-corrected chi connectivity index (χ3v) is 3.25. The molecule has 4 N–H and O–H groups in total. The summed E-state index contributed by atoms with van der Waals surface area (Å²) < 4.78 is 0. The fourth-order valence-corrected chi connectivity index (χ4v) is 2.26. The van der Waals surface area contributed by atoms with Gasteiger partial charge in [-0.25, -0.2) is 0 Å². The van der Waals surface area contributed by atoms with E-state index in [1.54, 1.807) is 4.90 Å². The number of nitrogens with zero attached hydrogens (tertiary/aromatic N) is 4. The molecule has 7 heteroatoms. The monoisotopic (exact) mass is 252 g/mol. The van der Waals surface area contributed by atoms with Gasteiger partial charge in [-0.1, -0.05) is 6.42 Å². The third kappa shape index (κ3) is 2.79. The van der Waals surface area contributed by atoms with Gasteiger partial charge in [0.25, 0.3) is 0 Å². The summed E-state index contributed by atoms with van der Waals surface area (Å²) in [5.74, 6) is 1.49. The van der Waals surface area contributed by atoms with Crippen molar-refractivity contribution >= 4 is 17.8 Å². The van der Waals surface area contributed by atoms with Gasteiger partial charge in [-0.05, 0) is 12.8 Å². The Labute approximate surface area is 106 Å². The fraction of sp³-hybridized carbons (Fsp3) is 0.727. The van der Waals surface area contributed by atoms with Crippen LogP contribution in [0.5, 0.6) is 0 Å². The summed E-state index contributed by atoms with van der Waals surface area (Å²) in [6, 6.07) is 0.215. The highest BCUT2D eigenvalue weighted by atomic mass is 16.3. The minimum Gasteiger partial charge on any atom is -0.396 e. The molecule has 1 heterocycles. The van der Waals surface area contributed by atoms with Gasteiger partial charge in [0.05, 0.1) is 0 Å². The van der Waals surface area contributed by atoms with Crippen LogP contribution in [0.1, 0.15) is 19.3 Å². The molecular weight excluding hydrogens is 232 g/mol. The largest absolute Gasteiger partial charge is 0.396 e. The smallest absolute Gasteiger partial charge is 0.231 e. The maximum atomic E-state index is 9.29. The molecule has 0 aromatic carbocycles. The number of nitrogen functional groups attached to an aromatic ring is 1. The van der Waals surface area contributed by atoms with E-state index in [4.69, 9.17) is 5.73 Å². The Morgan fingerprint density at radius 3 is 2.78 bits per heavy atom. The lowest BCUT2D eigenvalue weighted by atomic mass is 10.1. The van der Waals surface area contributed by atoms with E-state index in [0.717, 1.165) is 19.3 Å². The Bertz CT molecular complexity index is 411. The van der Waals surface area contributed by atoms with Crippen LogP contribution in [0.15, 0.2) is 0 Å². The van der Waals surface area contributed by atoms with Crippen LogP contribution in [-0.4, -0.2) is 46.8 Å². The highest BCUT2D eigenvalue weighted by Gasteiger charge is 2.27. The number of anilines is 3. The first-order valence-electron chi connectivity index (χ1n) is 6.16. The molecule has 1 aliphatic carbocycles. The number of hydrogen-bond acceptors (Lipinski definition) is 7. The summed E-state index contributed by atoms with van der Waals surface area (Å²) >= 11 is 0. The number of nitrogens with two attached hydrogens (primary N) is 1. The third-order valence-electron chi connectivity index (χ3n) is 3.25. The lowest BCUT2D eigenvalue weighted by Crippen LogP contribution is -2.28. The van der Waals surface area contributed by atoms with E-state index in [-0.39, 0.29) is 24.5 Å². The second-order valence-electron chi connectivity index (χ2n) is 4.84. The topological polar surface area (TPSA) is 100 Å². The molecule has 2 unspecified atom stereocenters. The van der Waals surface area contributed by atoms with Crippen LogP contribution >= 0.6 is 0 Å². The molecule has 2 rings (SSSR count). The Hall–Kier alpha value is -1.63. The van der Waals surface area contributed by atoms with Gasteiger partial charge in [-0.15, -0.1) is 0 Å². The predicted octanol–water partition coefficient (Wildman–Crippen LogP) is 0.0927. The number of aliphatic hydroxyl groups is 1. The van der Waals surface area contributed by atoms with E-state index in [1.807, 2.05) is 14.1 Å². The van der Waals surface area contributed by atoms with Crippen molar-refractivity contribution in [2.75, 3.05) is 36.7 Å².